The maximum Gasteiger partial charge on any atom is 0.472 e. The van der Waals surface area contributed by atoms with Gasteiger partial charge in [0.2, 0.25) is 0 Å². The van der Waals surface area contributed by atoms with Gasteiger partial charge >= 0.3 is 19.8 Å². The van der Waals surface area contributed by atoms with E-state index in [2.05, 4.69) is 111 Å². The molecule has 10 heteroatoms. The molecule has 0 bridgehead atoms. The highest BCUT2D eigenvalue weighted by molar-refractivity contribution is 7.47. The van der Waals surface area contributed by atoms with Crippen molar-refractivity contribution in [1.82, 2.24) is 0 Å². The van der Waals surface area contributed by atoms with E-state index < -0.39 is 26.5 Å². The Balaban J connectivity index is 3.85. The molecule has 2 unspecified atom stereocenters. The van der Waals surface area contributed by atoms with Gasteiger partial charge < -0.3 is 20.1 Å². The fourth-order valence-electron chi connectivity index (χ4n) is 8.26. The van der Waals surface area contributed by atoms with Gasteiger partial charge in [0.05, 0.1) is 13.2 Å². The minimum absolute atomic E-state index is 0.0505. The third kappa shape index (κ3) is 58.2. The van der Waals surface area contributed by atoms with Crippen LogP contribution in [-0.4, -0.2) is 49.3 Å². The van der Waals surface area contributed by atoms with E-state index in [1.54, 1.807) is 0 Å². The maximum atomic E-state index is 12.7. The minimum atomic E-state index is -4.39. The van der Waals surface area contributed by atoms with Crippen LogP contribution in [0.2, 0.25) is 0 Å². The first-order valence-electron chi connectivity index (χ1n) is 30.2. The van der Waals surface area contributed by atoms with Gasteiger partial charge in [0, 0.05) is 19.4 Å². The van der Waals surface area contributed by atoms with Gasteiger partial charge in [-0.05, 0) is 96.3 Å². The van der Waals surface area contributed by atoms with E-state index in [1.165, 1.54) is 128 Å². The lowest BCUT2D eigenvalue weighted by Gasteiger charge is -2.19. The SMILES string of the molecule is CC/C=C\C/C=C\C/C=C\C/C=C\C/C=C\C/C=C\C/C=C\CCCCCCCCCCCCCCCCCCCC(=O)OC(COC(=O)CCCCCCC/C=C\CCCCCCC)COP(=O)(O)OCCN. The lowest BCUT2D eigenvalue weighted by atomic mass is 10.0. The Morgan fingerprint density at radius 3 is 1.12 bits per heavy atom. The number of hydrogen-bond acceptors (Lipinski definition) is 8. The van der Waals surface area contributed by atoms with E-state index in [9.17, 15) is 19.0 Å². The van der Waals surface area contributed by atoms with E-state index in [0.29, 0.717) is 6.42 Å². The van der Waals surface area contributed by atoms with Crippen molar-refractivity contribution in [2.24, 2.45) is 5.73 Å². The molecule has 0 amide bonds. The quantitative estimate of drug-likeness (QED) is 0.0264. The standard InChI is InChI=1S/C64H112NO8P/c1-3-5-7-9-11-13-15-17-19-20-21-22-23-24-25-26-27-28-29-30-31-32-33-34-35-36-37-38-39-40-41-42-43-45-47-49-51-53-55-57-64(67)73-62(61-72-74(68,69)71-59-58-65)60-70-63(66)56-54-52-50-48-46-44-18-16-14-12-10-8-6-4-2/h5,7,11,13,16-19,21-22,24-25,27-28,30-31,62H,3-4,6,8-10,12,14-15,20,23,26,29,32-61,65H2,1-2H3,(H,68,69)/b7-5-,13-11-,18-16-,19-17-,22-21-,25-24-,28-27-,31-30-. The summed E-state index contributed by atoms with van der Waals surface area (Å²) in [5.74, 6) is -0.834. The first kappa shape index (κ1) is 70.9. The van der Waals surface area contributed by atoms with Crippen molar-refractivity contribution in [1.29, 1.82) is 0 Å². The molecule has 0 aromatic carbocycles. The number of phosphoric ester groups is 1. The van der Waals surface area contributed by atoms with Crippen LogP contribution in [0, 0.1) is 0 Å². The number of unbranched alkanes of at least 4 members (excludes halogenated alkanes) is 27. The number of ether oxygens (including phenoxy) is 2. The number of carbonyl (C=O) groups excluding carboxylic acids is 2. The number of phosphoric acid groups is 1. The molecule has 74 heavy (non-hydrogen) atoms. The zero-order valence-electron chi connectivity index (χ0n) is 47.6. The fourth-order valence-corrected chi connectivity index (χ4v) is 9.02. The van der Waals surface area contributed by atoms with Gasteiger partial charge in [-0.3, -0.25) is 18.6 Å². The number of esters is 2. The summed E-state index contributed by atoms with van der Waals surface area (Å²) in [5, 5.41) is 0. The van der Waals surface area contributed by atoms with Crippen LogP contribution >= 0.6 is 7.82 Å². The summed E-state index contributed by atoms with van der Waals surface area (Å²) in [6, 6.07) is 0. The van der Waals surface area contributed by atoms with Crippen molar-refractivity contribution >= 4 is 19.8 Å². The average molecular weight is 1050 g/mol. The zero-order valence-corrected chi connectivity index (χ0v) is 48.4. The van der Waals surface area contributed by atoms with Crippen LogP contribution in [-0.2, 0) is 32.7 Å². The molecule has 2 atom stereocenters. The van der Waals surface area contributed by atoms with Gasteiger partial charge in [-0.15, -0.1) is 0 Å². The molecular formula is C64H112NO8P. The second-order valence-corrected chi connectivity index (χ2v) is 21.3. The van der Waals surface area contributed by atoms with E-state index in [1.807, 2.05) is 0 Å². The number of nitrogens with two attached hydrogens (primary N) is 1. The Morgan fingerprint density at radius 1 is 0.419 bits per heavy atom. The first-order valence-corrected chi connectivity index (χ1v) is 31.7. The van der Waals surface area contributed by atoms with Crippen molar-refractivity contribution in [2.45, 2.75) is 270 Å². The molecule has 0 saturated heterocycles. The molecule has 0 fully saturated rings. The molecule has 9 nitrogen and oxygen atoms in total. The third-order valence-electron chi connectivity index (χ3n) is 12.7. The predicted molar refractivity (Wildman–Crippen MR) is 316 cm³/mol. The van der Waals surface area contributed by atoms with Gasteiger partial charge in [-0.2, -0.15) is 0 Å². The van der Waals surface area contributed by atoms with E-state index in [-0.39, 0.29) is 38.6 Å². The monoisotopic (exact) mass is 1050 g/mol. The Morgan fingerprint density at radius 2 is 0.743 bits per heavy atom. The van der Waals surface area contributed by atoms with Gasteiger partial charge in [0.1, 0.15) is 6.61 Å². The van der Waals surface area contributed by atoms with Crippen LogP contribution in [0.4, 0.5) is 0 Å². The van der Waals surface area contributed by atoms with Crippen molar-refractivity contribution < 1.29 is 37.6 Å². The third-order valence-corrected chi connectivity index (χ3v) is 13.7. The number of carbonyl (C=O) groups is 2. The van der Waals surface area contributed by atoms with E-state index in [0.717, 1.165) is 103 Å². The summed E-state index contributed by atoms with van der Waals surface area (Å²) in [4.78, 5) is 35.1. The molecule has 426 valence electrons. The molecule has 3 N–H and O–H groups in total. The molecule has 0 radical (unpaired) electrons. The van der Waals surface area contributed by atoms with Crippen molar-refractivity contribution in [2.75, 3.05) is 26.4 Å². The Kier molecular flexibility index (Phi) is 56.7. The molecule has 0 aliphatic carbocycles. The summed E-state index contributed by atoms with van der Waals surface area (Å²) in [5.41, 5.74) is 5.38. The molecule has 0 aliphatic heterocycles. The predicted octanol–water partition coefficient (Wildman–Crippen LogP) is 19.2. The van der Waals surface area contributed by atoms with Crippen LogP contribution in [0.1, 0.15) is 264 Å². The lowest BCUT2D eigenvalue weighted by Crippen LogP contribution is -2.29. The number of allylic oxidation sites excluding steroid dienone is 16. The van der Waals surface area contributed by atoms with Gasteiger partial charge in [0.15, 0.2) is 6.10 Å². The molecule has 0 saturated carbocycles. The van der Waals surface area contributed by atoms with Crippen LogP contribution in [0.25, 0.3) is 0 Å². The highest BCUT2D eigenvalue weighted by Crippen LogP contribution is 2.43. The lowest BCUT2D eigenvalue weighted by molar-refractivity contribution is -0.161. The van der Waals surface area contributed by atoms with Crippen LogP contribution < -0.4 is 5.73 Å². The van der Waals surface area contributed by atoms with E-state index in [4.69, 9.17) is 24.3 Å². The summed E-state index contributed by atoms with van der Waals surface area (Å²) in [7, 11) is -4.39. The fraction of sp³-hybridized carbons (Fsp3) is 0.719. The summed E-state index contributed by atoms with van der Waals surface area (Å²) in [6.07, 6.45) is 79.1. The average Bonchev–Trinajstić information content (AvgIpc) is 3.39. The van der Waals surface area contributed by atoms with Gasteiger partial charge in [0.25, 0.3) is 0 Å². The van der Waals surface area contributed by atoms with Crippen molar-refractivity contribution in [3.05, 3.63) is 97.2 Å². The normalized spacial score (nSPS) is 13.7. The summed E-state index contributed by atoms with van der Waals surface area (Å²) in [6.45, 7) is 3.62. The summed E-state index contributed by atoms with van der Waals surface area (Å²) < 4.78 is 33.0. The van der Waals surface area contributed by atoms with Crippen molar-refractivity contribution in [3.8, 4) is 0 Å². The number of hydrogen-bond donors (Lipinski definition) is 2. The molecule has 0 aliphatic rings. The molecule has 0 spiro atoms. The number of rotatable bonds is 56. The topological polar surface area (TPSA) is 134 Å². The Bertz CT molecular complexity index is 1530. The highest BCUT2D eigenvalue weighted by Gasteiger charge is 2.26. The van der Waals surface area contributed by atoms with Gasteiger partial charge in [-0.1, -0.05) is 252 Å². The molecule has 0 aromatic heterocycles. The largest absolute Gasteiger partial charge is 0.472 e. The maximum absolute atomic E-state index is 12.7. The highest BCUT2D eigenvalue weighted by atomic mass is 31.2. The molecule has 0 rings (SSSR count). The summed E-state index contributed by atoms with van der Waals surface area (Å²) >= 11 is 0. The molecule has 0 heterocycles. The van der Waals surface area contributed by atoms with Crippen LogP contribution in [0.3, 0.4) is 0 Å². The first-order chi connectivity index (χ1) is 36.3. The second kappa shape index (κ2) is 59.2. The zero-order chi connectivity index (χ0) is 53.8. The van der Waals surface area contributed by atoms with Crippen LogP contribution in [0.5, 0.6) is 0 Å². The second-order valence-electron chi connectivity index (χ2n) is 19.8. The van der Waals surface area contributed by atoms with Gasteiger partial charge in [-0.25, -0.2) is 4.57 Å². The smallest absolute Gasteiger partial charge is 0.462 e. The van der Waals surface area contributed by atoms with Crippen molar-refractivity contribution in [3.63, 3.8) is 0 Å². The van der Waals surface area contributed by atoms with Crippen LogP contribution in [0.15, 0.2) is 97.2 Å². The minimum Gasteiger partial charge on any atom is -0.462 e. The Hall–Kier alpha value is -3.07. The Labute approximate surface area is 455 Å². The molecular weight excluding hydrogens is 942 g/mol. The van der Waals surface area contributed by atoms with E-state index >= 15 is 0 Å². The molecule has 0 aromatic rings.